The summed E-state index contributed by atoms with van der Waals surface area (Å²) in [4.78, 5) is 0. The zero-order valence-electron chi connectivity index (χ0n) is 29.2. The molecule has 21 heteroatoms. The van der Waals surface area contributed by atoms with Crippen LogP contribution in [0.2, 0.25) is 48.4 Å². The highest BCUT2D eigenvalue weighted by Crippen LogP contribution is 2.50. The lowest BCUT2D eigenvalue weighted by Gasteiger charge is -2.60. The van der Waals surface area contributed by atoms with Crippen molar-refractivity contribution in [3.8, 4) is 0 Å². The first kappa shape index (κ1) is 39.0. The molecule has 4 aliphatic heterocycles. The summed E-state index contributed by atoms with van der Waals surface area (Å²) in [5.74, 6) is 0. The van der Waals surface area contributed by atoms with Crippen LogP contribution in [0.25, 0.3) is 0 Å². The van der Waals surface area contributed by atoms with E-state index in [0.717, 1.165) is 25.7 Å². The molecule has 0 N–H and O–H groups in total. The van der Waals surface area contributed by atoms with Gasteiger partial charge in [0.25, 0.3) is 0 Å². The maximum absolute atomic E-state index is 7.30. The van der Waals surface area contributed by atoms with E-state index in [9.17, 15) is 0 Å². The van der Waals surface area contributed by atoms with Gasteiger partial charge in [-0.2, -0.15) is 0 Å². The Bertz CT molecular complexity index is 873. The number of hydrogen-bond acceptors (Lipinski definition) is 13. The van der Waals surface area contributed by atoms with Crippen LogP contribution in [0.15, 0.2) is 0 Å². The largest absolute Gasteiger partial charge is 0.485 e. The van der Waals surface area contributed by atoms with E-state index in [1.165, 1.54) is 0 Å². The smallest absolute Gasteiger partial charge is 0.374 e. The molecular weight excluding hydrogens is 721 g/mol. The predicted octanol–water partition coefficient (Wildman–Crippen LogP) is 6.53. The highest BCUT2D eigenvalue weighted by atomic mass is 28.6. The Balaban J connectivity index is 2.05. The van der Waals surface area contributed by atoms with Gasteiger partial charge in [-0.1, -0.05) is 82.1 Å². The van der Waals surface area contributed by atoms with Gasteiger partial charge in [0, 0.05) is 61.6 Å². The Labute approximate surface area is 280 Å². The van der Waals surface area contributed by atoms with Crippen molar-refractivity contribution in [2.45, 2.75) is 143 Å². The lowest BCUT2D eigenvalue weighted by molar-refractivity contribution is -0.0168. The predicted molar refractivity (Wildman–Crippen MR) is 184 cm³/mol. The van der Waals surface area contributed by atoms with Gasteiger partial charge < -0.3 is 54.1 Å². The van der Waals surface area contributed by atoms with Crippen LogP contribution in [-0.4, -0.2) is 83.6 Å². The maximum Gasteiger partial charge on any atom is 0.485 e. The fourth-order valence-electron chi connectivity index (χ4n) is 5.68. The molecule has 4 aliphatic rings. The summed E-state index contributed by atoms with van der Waals surface area (Å²) in [5.41, 5.74) is 0. The van der Waals surface area contributed by atoms with E-state index in [4.69, 9.17) is 54.1 Å². The van der Waals surface area contributed by atoms with Crippen LogP contribution in [-0.2, 0) is 54.1 Å². The van der Waals surface area contributed by atoms with Crippen molar-refractivity contribution < 1.29 is 54.1 Å². The summed E-state index contributed by atoms with van der Waals surface area (Å²) in [6, 6.07) is 3.50. The minimum Gasteiger partial charge on any atom is -0.374 e. The molecule has 0 aromatic carbocycles. The molecular formula is C24H58O13Si8. The Morgan fingerprint density at radius 1 is 0.311 bits per heavy atom. The molecule has 0 spiro atoms. The zero-order chi connectivity index (χ0) is 33.1. The second-order valence-corrected chi connectivity index (χ2v) is 38.0. The summed E-state index contributed by atoms with van der Waals surface area (Å²) in [7, 11) is -29.4. The molecule has 4 saturated heterocycles. The van der Waals surface area contributed by atoms with Crippen LogP contribution in [0.3, 0.4) is 0 Å². The Morgan fingerprint density at radius 3 is 0.711 bits per heavy atom. The monoisotopic (exact) mass is 778 g/mol. The molecule has 4 unspecified atom stereocenters. The van der Waals surface area contributed by atoms with E-state index < -0.39 is 70.4 Å². The number of rotatable bonds is 16. The highest BCUT2D eigenvalue weighted by Gasteiger charge is 2.79. The molecule has 13 nitrogen and oxygen atoms in total. The van der Waals surface area contributed by atoms with E-state index in [2.05, 4.69) is 13.8 Å². The van der Waals surface area contributed by atoms with Gasteiger partial charge in [-0.15, -0.1) is 0 Å². The molecule has 0 saturated carbocycles. The average Bonchev–Trinajstić information content (AvgIpc) is 3.01. The maximum atomic E-state index is 7.30. The topological polar surface area (TPSA) is 120 Å². The number of fused-ring (bicyclic) bond motifs is 4. The molecule has 45 heavy (non-hydrogen) atoms. The van der Waals surface area contributed by atoms with Gasteiger partial charge in [-0.25, -0.2) is 0 Å². The lowest BCUT2D eigenvalue weighted by atomic mass is 10.4. The first-order valence-electron chi connectivity index (χ1n) is 17.4. The summed E-state index contributed by atoms with van der Waals surface area (Å²) in [6.45, 7) is 21.3. The van der Waals surface area contributed by atoms with Crippen molar-refractivity contribution in [1.29, 1.82) is 0 Å². The zero-order valence-corrected chi connectivity index (χ0v) is 37.2. The van der Waals surface area contributed by atoms with Crippen LogP contribution in [0.4, 0.5) is 0 Å². The molecule has 4 rings (SSSR count). The lowest BCUT2D eigenvalue weighted by Crippen LogP contribution is -2.85. The molecule has 0 aliphatic carbocycles. The first-order chi connectivity index (χ1) is 21.4. The molecule has 0 amide bonds. The molecule has 0 aromatic heterocycles. The van der Waals surface area contributed by atoms with Crippen LogP contribution >= 0.6 is 0 Å². The van der Waals surface area contributed by atoms with Gasteiger partial charge in [0.15, 0.2) is 0 Å². The van der Waals surface area contributed by atoms with Gasteiger partial charge in [0.2, 0.25) is 0 Å². The van der Waals surface area contributed by atoms with E-state index in [0.29, 0.717) is 61.6 Å². The van der Waals surface area contributed by atoms with Crippen molar-refractivity contribution in [3.63, 3.8) is 0 Å². The van der Waals surface area contributed by atoms with Gasteiger partial charge in [-0.05, 0) is 12.8 Å². The van der Waals surface area contributed by atoms with Gasteiger partial charge in [0.1, 0.15) is 0 Å². The van der Waals surface area contributed by atoms with Crippen LogP contribution in [0, 0.1) is 0 Å². The summed E-state index contributed by atoms with van der Waals surface area (Å²) in [6.07, 6.45) is 3.64. The minimum atomic E-state index is -3.75. The molecule has 264 valence electrons. The third-order valence-electron chi connectivity index (χ3n) is 8.52. The SMILES string of the molecule is CCCCO[Si]1(CC)O[Si]2(CC)O[Si]3(CC)O[Si](CC)(OCCCC)O[Si]4(CC)O[Si](CC)(O1)O[Si](CC)(O2)O[Si](CC)(O3)O4. The van der Waals surface area contributed by atoms with Gasteiger partial charge in [-0.3, -0.25) is 0 Å². The van der Waals surface area contributed by atoms with Crippen molar-refractivity contribution in [2.24, 2.45) is 0 Å². The molecule has 4 heterocycles. The Hall–Kier alpha value is 1.22. The quantitative estimate of drug-likeness (QED) is 0.125. The van der Waals surface area contributed by atoms with Crippen LogP contribution < -0.4 is 0 Å². The Kier molecular flexibility index (Phi) is 13.2. The highest BCUT2D eigenvalue weighted by molar-refractivity contribution is 7.00. The van der Waals surface area contributed by atoms with E-state index in [-0.39, 0.29) is 0 Å². The normalized spacial score (nSPS) is 44.9. The molecule has 4 atom stereocenters. The van der Waals surface area contributed by atoms with Gasteiger partial charge >= 0.3 is 70.4 Å². The average molecular weight is 779 g/mol. The summed E-state index contributed by atoms with van der Waals surface area (Å²) in [5, 5.41) is 0. The van der Waals surface area contributed by atoms with Crippen molar-refractivity contribution in [3.05, 3.63) is 0 Å². The van der Waals surface area contributed by atoms with E-state index in [1.807, 2.05) is 55.4 Å². The minimum absolute atomic E-state index is 0.417. The Morgan fingerprint density at radius 2 is 0.533 bits per heavy atom. The van der Waals surface area contributed by atoms with Crippen LogP contribution in [0.5, 0.6) is 0 Å². The number of unbranched alkanes of at least 4 members (excludes halogenated alkanes) is 2. The molecule has 6 bridgehead atoms. The third kappa shape index (κ3) is 7.93. The molecule has 0 aromatic rings. The standard InChI is InChI=1S/C24H58O13Si8/c1-11-21-23-25-38(13-3)27-40(15-5)31-42(17-7)29-39(14-4,26-24-22-12-2)30-43(18-8)32-41(16-6,28-38)34-44(19-9,33-40)37-45(20-10,35-42)36-43/h11-24H2,1-10H3. The van der Waals surface area contributed by atoms with Crippen LogP contribution in [0.1, 0.15) is 94.9 Å². The fourth-order valence-corrected chi connectivity index (χ4v) is 52.3. The molecule has 0 radical (unpaired) electrons. The van der Waals surface area contributed by atoms with Crippen molar-refractivity contribution >= 4 is 70.4 Å². The molecule has 4 fully saturated rings. The summed E-state index contributed by atoms with van der Waals surface area (Å²) >= 11 is 0. The second kappa shape index (κ2) is 15.2. The van der Waals surface area contributed by atoms with Crippen molar-refractivity contribution in [1.82, 2.24) is 0 Å². The fraction of sp³-hybridized carbons (Fsp3) is 1.00. The second-order valence-electron chi connectivity index (χ2n) is 11.8. The van der Waals surface area contributed by atoms with E-state index in [1.54, 1.807) is 0 Å². The van der Waals surface area contributed by atoms with E-state index >= 15 is 0 Å². The third-order valence-corrected chi connectivity index (χ3v) is 44.1. The first-order valence-corrected chi connectivity index (χ1v) is 32.8. The van der Waals surface area contributed by atoms with Crippen molar-refractivity contribution in [2.75, 3.05) is 13.2 Å². The number of hydrogen-bond donors (Lipinski definition) is 0. The summed E-state index contributed by atoms with van der Waals surface area (Å²) < 4.78 is 93.0. The van der Waals surface area contributed by atoms with Gasteiger partial charge in [0.05, 0.1) is 0 Å².